The zero-order valence-corrected chi connectivity index (χ0v) is 8.82. The number of carboxylic acid groups (broad SMARTS) is 1. The second-order valence-corrected chi connectivity index (χ2v) is 3.47. The van der Waals surface area contributed by atoms with Gasteiger partial charge in [0.05, 0.1) is 5.56 Å². The summed E-state index contributed by atoms with van der Waals surface area (Å²) >= 11 is 3.12. The summed E-state index contributed by atoms with van der Waals surface area (Å²) in [5.74, 6) is -1.06. The van der Waals surface area contributed by atoms with Crippen molar-refractivity contribution >= 4 is 27.6 Å². The first-order chi connectivity index (χ1) is 6.56. The molecule has 0 heterocycles. The fourth-order valence-corrected chi connectivity index (χ4v) is 1.61. The van der Waals surface area contributed by atoms with E-state index in [9.17, 15) is 4.79 Å². The number of rotatable bonds is 2. The average Bonchev–Trinajstić information content (AvgIpc) is 2.09. The van der Waals surface area contributed by atoms with E-state index in [0.717, 1.165) is 5.56 Å². The topological polar surface area (TPSA) is 86.1 Å². The van der Waals surface area contributed by atoms with E-state index in [2.05, 4.69) is 26.0 Å². The van der Waals surface area contributed by atoms with Gasteiger partial charge in [-0.15, -0.1) is 0 Å². The highest BCUT2D eigenvalue weighted by atomic mass is 79.9. The van der Waals surface area contributed by atoms with Crippen LogP contribution in [-0.4, -0.2) is 11.1 Å². The number of nitrogens with zero attached hydrogens (tertiary/aromatic N) is 3. The highest BCUT2D eigenvalue weighted by molar-refractivity contribution is 9.10. The van der Waals surface area contributed by atoms with Gasteiger partial charge in [-0.3, -0.25) is 0 Å². The van der Waals surface area contributed by atoms with E-state index in [1.54, 1.807) is 13.0 Å². The minimum absolute atomic E-state index is 0.0815. The Morgan fingerprint density at radius 1 is 1.64 bits per heavy atom. The summed E-state index contributed by atoms with van der Waals surface area (Å²) < 4.78 is 0.472. The molecule has 0 amide bonds. The van der Waals surface area contributed by atoms with Crippen LogP contribution in [0.1, 0.15) is 15.9 Å². The van der Waals surface area contributed by atoms with Gasteiger partial charge < -0.3 is 5.11 Å². The van der Waals surface area contributed by atoms with Gasteiger partial charge in [-0.2, -0.15) is 0 Å². The van der Waals surface area contributed by atoms with Gasteiger partial charge in [-0.1, -0.05) is 5.11 Å². The smallest absolute Gasteiger partial charge is 0.336 e. The Morgan fingerprint density at radius 2 is 2.29 bits per heavy atom. The summed E-state index contributed by atoms with van der Waals surface area (Å²) in [5.41, 5.74) is 9.37. The third kappa shape index (κ3) is 2.04. The SMILES string of the molecule is Cc1cc(Br)c(C(=O)O)cc1N=[N+]=[N-]. The highest BCUT2D eigenvalue weighted by Crippen LogP contribution is 2.27. The number of halogens is 1. The number of carbonyl (C=O) groups is 1. The predicted molar refractivity (Wildman–Crippen MR) is 54.6 cm³/mol. The Kier molecular flexibility index (Phi) is 3.11. The minimum Gasteiger partial charge on any atom is -0.478 e. The lowest BCUT2D eigenvalue weighted by Crippen LogP contribution is -1.97. The molecule has 1 rings (SSSR count). The maximum Gasteiger partial charge on any atom is 0.336 e. The van der Waals surface area contributed by atoms with E-state index in [4.69, 9.17) is 10.6 Å². The van der Waals surface area contributed by atoms with Crippen LogP contribution in [0.2, 0.25) is 0 Å². The van der Waals surface area contributed by atoms with E-state index in [0.29, 0.717) is 10.2 Å². The Balaban J connectivity index is 3.41. The normalized spacial score (nSPS) is 9.29. The van der Waals surface area contributed by atoms with Gasteiger partial charge in [-0.05, 0) is 46.1 Å². The monoisotopic (exact) mass is 255 g/mol. The molecule has 0 aliphatic heterocycles. The van der Waals surface area contributed by atoms with Gasteiger partial charge in [0.2, 0.25) is 0 Å². The van der Waals surface area contributed by atoms with Crippen LogP contribution in [-0.2, 0) is 0 Å². The number of carboxylic acids is 1. The van der Waals surface area contributed by atoms with Crippen LogP contribution in [0.15, 0.2) is 21.7 Å². The summed E-state index contributed by atoms with van der Waals surface area (Å²) in [6.45, 7) is 1.74. The molecule has 0 spiro atoms. The average molecular weight is 256 g/mol. The van der Waals surface area contributed by atoms with E-state index in [-0.39, 0.29) is 5.56 Å². The molecular weight excluding hydrogens is 250 g/mol. The summed E-state index contributed by atoms with van der Waals surface area (Å²) in [7, 11) is 0. The van der Waals surface area contributed by atoms with E-state index in [1.165, 1.54) is 6.07 Å². The summed E-state index contributed by atoms with van der Waals surface area (Å²) in [6, 6.07) is 2.94. The molecule has 0 saturated heterocycles. The van der Waals surface area contributed by atoms with Gasteiger partial charge in [0.1, 0.15) is 0 Å². The molecule has 0 bridgehead atoms. The maximum atomic E-state index is 10.7. The van der Waals surface area contributed by atoms with Gasteiger partial charge in [0, 0.05) is 15.1 Å². The third-order valence-corrected chi connectivity index (χ3v) is 2.32. The Labute approximate surface area is 88.1 Å². The number of aromatic carboxylic acids is 1. The quantitative estimate of drug-likeness (QED) is 0.499. The molecule has 14 heavy (non-hydrogen) atoms. The number of aryl methyl sites for hydroxylation is 1. The number of benzene rings is 1. The Hall–Kier alpha value is -1.52. The van der Waals surface area contributed by atoms with Crippen LogP contribution >= 0.6 is 15.9 Å². The molecule has 0 atom stereocenters. The summed E-state index contributed by atoms with van der Waals surface area (Å²) in [4.78, 5) is 13.3. The second kappa shape index (κ2) is 4.13. The molecule has 0 saturated carbocycles. The van der Waals surface area contributed by atoms with Crippen LogP contribution in [0.5, 0.6) is 0 Å². The van der Waals surface area contributed by atoms with Crippen LogP contribution in [0.4, 0.5) is 5.69 Å². The molecule has 5 nitrogen and oxygen atoms in total. The lowest BCUT2D eigenvalue weighted by molar-refractivity contribution is 0.0696. The standard InChI is InChI=1S/C8H6BrN3O2/c1-4-2-6(9)5(8(13)14)3-7(4)11-12-10/h2-3H,1H3,(H,13,14). The van der Waals surface area contributed by atoms with Crippen molar-refractivity contribution in [1.82, 2.24) is 0 Å². The van der Waals surface area contributed by atoms with Crippen molar-refractivity contribution < 1.29 is 9.90 Å². The van der Waals surface area contributed by atoms with Crippen LogP contribution < -0.4 is 0 Å². The second-order valence-electron chi connectivity index (χ2n) is 2.61. The molecule has 0 fully saturated rings. The van der Waals surface area contributed by atoms with Crippen molar-refractivity contribution in [2.75, 3.05) is 0 Å². The van der Waals surface area contributed by atoms with Gasteiger partial charge in [0.15, 0.2) is 0 Å². The van der Waals surface area contributed by atoms with E-state index < -0.39 is 5.97 Å². The van der Waals surface area contributed by atoms with Crippen molar-refractivity contribution in [3.63, 3.8) is 0 Å². The highest BCUT2D eigenvalue weighted by Gasteiger charge is 2.10. The van der Waals surface area contributed by atoms with Crippen molar-refractivity contribution in [1.29, 1.82) is 0 Å². The van der Waals surface area contributed by atoms with Crippen molar-refractivity contribution in [2.24, 2.45) is 5.11 Å². The third-order valence-electron chi connectivity index (χ3n) is 1.67. The molecular formula is C8H6BrN3O2. The lowest BCUT2D eigenvalue weighted by Gasteiger charge is -2.03. The van der Waals surface area contributed by atoms with E-state index in [1.807, 2.05) is 0 Å². The predicted octanol–water partition coefficient (Wildman–Crippen LogP) is 3.40. The first-order valence-electron chi connectivity index (χ1n) is 3.65. The number of hydrogen-bond acceptors (Lipinski definition) is 2. The van der Waals surface area contributed by atoms with Crippen LogP contribution in [0.25, 0.3) is 10.4 Å². The summed E-state index contributed by atoms with van der Waals surface area (Å²) in [6.07, 6.45) is 0. The first kappa shape index (κ1) is 10.6. The number of hydrogen-bond donors (Lipinski definition) is 1. The molecule has 1 aromatic rings. The molecule has 1 N–H and O–H groups in total. The lowest BCUT2D eigenvalue weighted by atomic mass is 10.1. The zero-order chi connectivity index (χ0) is 10.7. The van der Waals surface area contributed by atoms with Gasteiger partial charge >= 0.3 is 5.97 Å². The molecule has 0 aliphatic carbocycles. The van der Waals surface area contributed by atoms with Crippen LogP contribution in [0.3, 0.4) is 0 Å². The van der Waals surface area contributed by atoms with Crippen molar-refractivity contribution in [3.8, 4) is 0 Å². The molecule has 72 valence electrons. The summed E-state index contributed by atoms with van der Waals surface area (Å²) in [5, 5.41) is 12.2. The van der Waals surface area contributed by atoms with E-state index >= 15 is 0 Å². The van der Waals surface area contributed by atoms with Crippen LogP contribution in [0, 0.1) is 6.92 Å². The fourth-order valence-electron chi connectivity index (χ4n) is 0.981. The molecule has 0 unspecified atom stereocenters. The zero-order valence-electron chi connectivity index (χ0n) is 7.23. The maximum absolute atomic E-state index is 10.7. The molecule has 0 aromatic heterocycles. The molecule has 6 heteroatoms. The molecule has 1 aromatic carbocycles. The fraction of sp³-hybridized carbons (Fsp3) is 0.125. The van der Waals surface area contributed by atoms with Gasteiger partial charge in [0.25, 0.3) is 0 Å². The Bertz CT molecular complexity index is 415. The Morgan fingerprint density at radius 3 is 2.79 bits per heavy atom. The minimum atomic E-state index is -1.06. The van der Waals surface area contributed by atoms with Crippen molar-refractivity contribution in [2.45, 2.75) is 6.92 Å². The molecule has 0 aliphatic rings. The molecule has 0 radical (unpaired) electrons. The van der Waals surface area contributed by atoms with Crippen molar-refractivity contribution in [3.05, 3.63) is 38.2 Å². The number of azide groups is 1. The van der Waals surface area contributed by atoms with Gasteiger partial charge in [-0.25, -0.2) is 4.79 Å². The largest absolute Gasteiger partial charge is 0.478 e. The first-order valence-corrected chi connectivity index (χ1v) is 4.44.